The van der Waals surface area contributed by atoms with Crippen molar-refractivity contribution in [2.75, 3.05) is 6.61 Å². The molecule has 0 amide bonds. The first kappa shape index (κ1) is 19.0. The Morgan fingerprint density at radius 3 is 2.67 bits per heavy atom. The highest BCUT2D eigenvalue weighted by atomic mass is 32.2. The molecule has 1 N–H and O–H groups in total. The molecule has 1 unspecified atom stereocenters. The van der Waals surface area contributed by atoms with E-state index in [1.165, 1.54) is 18.7 Å². The molecule has 0 radical (unpaired) electrons. The van der Waals surface area contributed by atoms with E-state index in [1.54, 1.807) is 25.1 Å². The number of carbonyl (C=O) groups excluding carboxylic acids is 1. The number of aliphatic carboxylic acids is 1. The standard InChI is InChI=1S/C21H19NO4S/c1-3-26-20(25)21(2,19(23)24)16-6-4-5-15-10-9-14-8-7-13(12-22)11-17(14)27-18(15)16/h4-8,11H,3,9-10H2,1-2H3,(H,23,24). The van der Waals surface area contributed by atoms with Crippen molar-refractivity contribution in [2.24, 2.45) is 0 Å². The minimum absolute atomic E-state index is 0.109. The van der Waals surface area contributed by atoms with Crippen LogP contribution in [0.15, 0.2) is 46.2 Å². The van der Waals surface area contributed by atoms with Gasteiger partial charge in [0.25, 0.3) is 0 Å². The summed E-state index contributed by atoms with van der Waals surface area (Å²) in [5, 5.41) is 19.1. The zero-order valence-corrected chi connectivity index (χ0v) is 15.9. The number of nitrogens with zero attached hydrogens (tertiary/aromatic N) is 1. The fourth-order valence-electron chi connectivity index (χ4n) is 3.19. The molecule has 2 aromatic rings. The van der Waals surface area contributed by atoms with Gasteiger partial charge < -0.3 is 9.84 Å². The maximum Gasteiger partial charge on any atom is 0.327 e. The van der Waals surface area contributed by atoms with Crippen LogP contribution in [0.4, 0.5) is 0 Å². The van der Waals surface area contributed by atoms with E-state index in [-0.39, 0.29) is 6.61 Å². The highest BCUT2D eigenvalue weighted by molar-refractivity contribution is 7.99. The Labute approximate surface area is 162 Å². The van der Waals surface area contributed by atoms with Crippen LogP contribution in [0, 0.1) is 11.3 Å². The van der Waals surface area contributed by atoms with Gasteiger partial charge >= 0.3 is 11.9 Å². The molecule has 0 saturated carbocycles. The summed E-state index contributed by atoms with van der Waals surface area (Å²) in [4.78, 5) is 26.3. The molecule has 1 atom stereocenters. The van der Waals surface area contributed by atoms with Gasteiger partial charge in [-0.15, -0.1) is 0 Å². The lowest BCUT2D eigenvalue weighted by atomic mass is 9.81. The Morgan fingerprint density at radius 2 is 2.00 bits per heavy atom. The lowest BCUT2D eigenvalue weighted by Crippen LogP contribution is -2.42. The van der Waals surface area contributed by atoms with Crippen molar-refractivity contribution in [1.82, 2.24) is 0 Å². The smallest absolute Gasteiger partial charge is 0.327 e. The Morgan fingerprint density at radius 1 is 1.26 bits per heavy atom. The van der Waals surface area contributed by atoms with Crippen LogP contribution in [0.5, 0.6) is 0 Å². The van der Waals surface area contributed by atoms with Crippen molar-refractivity contribution >= 4 is 23.7 Å². The monoisotopic (exact) mass is 381 g/mol. The minimum Gasteiger partial charge on any atom is -0.480 e. The van der Waals surface area contributed by atoms with E-state index in [4.69, 9.17) is 4.74 Å². The van der Waals surface area contributed by atoms with Crippen molar-refractivity contribution < 1.29 is 19.4 Å². The van der Waals surface area contributed by atoms with E-state index in [0.29, 0.717) is 11.1 Å². The summed E-state index contributed by atoms with van der Waals surface area (Å²) >= 11 is 1.42. The molecule has 1 heterocycles. The van der Waals surface area contributed by atoms with E-state index in [9.17, 15) is 20.0 Å². The summed E-state index contributed by atoms with van der Waals surface area (Å²) in [6.45, 7) is 3.15. The van der Waals surface area contributed by atoms with Crippen LogP contribution in [0.1, 0.15) is 36.1 Å². The van der Waals surface area contributed by atoms with Gasteiger partial charge in [-0.05, 0) is 55.5 Å². The number of fused-ring (bicyclic) bond motifs is 2. The van der Waals surface area contributed by atoms with Gasteiger partial charge in [-0.3, -0.25) is 9.59 Å². The van der Waals surface area contributed by atoms with Gasteiger partial charge in [-0.2, -0.15) is 5.26 Å². The zero-order valence-electron chi connectivity index (χ0n) is 15.1. The number of carbonyl (C=O) groups is 2. The Balaban J connectivity index is 2.18. The van der Waals surface area contributed by atoms with Crippen LogP contribution in [0.2, 0.25) is 0 Å². The van der Waals surface area contributed by atoms with Gasteiger partial charge in [0.15, 0.2) is 5.41 Å². The van der Waals surface area contributed by atoms with Crippen LogP contribution in [0.3, 0.4) is 0 Å². The van der Waals surface area contributed by atoms with E-state index in [0.717, 1.165) is 33.8 Å². The number of aryl methyl sites for hydroxylation is 2. The largest absolute Gasteiger partial charge is 0.480 e. The summed E-state index contributed by atoms with van der Waals surface area (Å²) in [5.74, 6) is -2.02. The zero-order chi connectivity index (χ0) is 19.6. The fraction of sp³-hybridized carbons (Fsp3) is 0.286. The van der Waals surface area contributed by atoms with Crippen molar-refractivity contribution in [2.45, 2.75) is 41.9 Å². The van der Waals surface area contributed by atoms with E-state index in [2.05, 4.69) is 6.07 Å². The van der Waals surface area contributed by atoms with Crippen LogP contribution >= 0.6 is 11.8 Å². The highest BCUT2D eigenvalue weighted by Crippen LogP contribution is 2.43. The van der Waals surface area contributed by atoms with Crippen LogP contribution in [-0.4, -0.2) is 23.7 Å². The number of carboxylic acids is 1. The van der Waals surface area contributed by atoms with Gasteiger partial charge in [0.05, 0.1) is 18.2 Å². The summed E-state index contributed by atoms with van der Waals surface area (Å²) in [6.07, 6.45) is 1.52. The maximum absolute atomic E-state index is 12.6. The molecule has 138 valence electrons. The first-order valence-electron chi connectivity index (χ1n) is 8.65. The molecule has 5 nitrogen and oxygen atoms in total. The molecule has 0 fully saturated rings. The SMILES string of the molecule is CCOC(=O)C(C)(C(=O)O)c1cccc2c1Sc1cc(C#N)ccc1CC2. The highest BCUT2D eigenvalue weighted by Gasteiger charge is 2.47. The molecule has 1 aliphatic rings. The summed E-state index contributed by atoms with van der Waals surface area (Å²) in [6, 6.07) is 13.1. The Bertz CT molecular complexity index is 963. The number of hydrogen-bond donors (Lipinski definition) is 1. The number of hydrogen-bond acceptors (Lipinski definition) is 5. The predicted octanol–water partition coefficient (Wildman–Crippen LogP) is 3.71. The van der Waals surface area contributed by atoms with Crippen LogP contribution in [-0.2, 0) is 32.6 Å². The maximum atomic E-state index is 12.6. The first-order chi connectivity index (χ1) is 12.9. The van der Waals surface area contributed by atoms with Gasteiger partial charge in [0, 0.05) is 9.79 Å². The molecule has 1 aliphatic heterocycles. The van der Waals surface area contributed by atoms with Crippen LogP contribution < -0.4 is 0 Å². The third-order valence-corrected chi connectivity index (χ3v) is 6.10. The average Bonchev–Trinajstić information content (AvgIpc) is 2.85. The fourth-order valence-corrected chi connectivity index (χ4v) is 4.58. The van der Waals surface area contributed by atoms with Gasteiger partial charge in [-0.1, -0.05) is 36.0 Å². The molecule has 6 heteroatoms. The predicted molar refractivity (Wildman–Crippen MR) is 101 cm³/mol. The van der Waals surface area contributed by atoms with E-state index in [1.807, 2.05) is 18.2 Å². The number of rotatable bonds is 4. The first-order valence-corrected chi connectivity index (χ1v) is 9.47. The molecule has 0 aromatic heterocycles. The number of benzene rings is 2. The Kier molecular flexibility index (Phi) is 5.24. The topological polar surface area (TPSA) is 87.4 Å². The van der Waals surface area contributed by atoms with E-state index >= 15 is 0 Å². The molecular formula is C21H19NO4S. The van der Waals surface area contributed by atoms with Gasteiger partial charge in [0.2, 0.25) is 0 Å². The van der Waals surface area contributed by atoms with Gasteiger partial charge in [-0.25, -0.2) is 0 Å². The molecule has 27 heavy (non-hydrogen) atoms. The minimum atomic E-state index is -1.80. The van der Waals surface area contributed by atoms with Crippen molar-refractivity contribution in [3.05, 3.63) is 58.7 Å². The van der Waals surface area contributed by atoms with Crippen molar-refractivity contribution in [3.63, 3.8) is 0 Å². The number of esters is 1. The average molecular weight is 381 g/mol. The molecule has 2 aromatic carbocycles. The van der Waals surface area contributed by atoms with Crippen LogP contribution in [0.25, 0.3) is 0 Å². The quantitative estimate of drug-likeness (QED) is 0.642. The molecule has 0 bridgehead atoms. The molecular weight excluding hydrogens is 362 g/mol. The molecule has 0 aliphatic carbocycles. The normalized spacial score (nSPS) is 14.7. The van der Waals surface area contributed by atoms with E-state index < -0.39 is 17.4 Å². The molecule has 3 rings (SSSR count). The number of carboxylic acid groups (broad SMARTS) is 1. The third-order valence-electron chi connectivity index (χ3n) is 4.82. The summed E-state index contributed by atoms with van der Waals surface area (Å²) in [7, 11) is 0. The molecule has 0 spiro atoms. The summed E-state index contributed by atoms with van der Waals surface area (Å²) in [5.41, 5.74) is 1.27. The number of nitriles is 1. The van der Waals surface area contributed by atoms with Crippen molar-refractivity contribution in [3.8, 4) is 6.07 Å². The number of ether oxygens (including phenoxy) is 1. The second-order valence-corrected chi connectivity index (χ2v) is 7.53. The van der Waals surface area contributed by atoms with Crippen molar-refractivity contribution in [1.29, 1.82) is 5.26 Å². The molecule has 0 saturated heterocycles. The second-order valence-electron chi connectivity index (χ2n) is 6.48. The summed E-state index contributed by atoms with van der Waals surface area (Å²) < 4.78 is 5.08. The Hall–Kier alpha value is -2.78. The lowest BCUT2D eigenvalue weighted by Gasteiger charge is -2.26. The third kappa shape index (κ3) is 3.31. The lowest BCUT2D eigenvalue weighted by molar-refractivity contribution is -0.160. The second kappa shape index (κ2) is 7.45. The van der Waals surface area contributed by atoms with Gasteiger partial charge in [0.1, 0.15) is 0 Å².